The molecule has 0 radical (unpaired) electrons. The first-order valence-corrected chi connectivity index (χ1v) is 5.86. The van der Waals surface area contributed by atoms with Crippen LogP contribution in [0, 0.1) is 5.92 Å². The van der Waals surface area contributed by atoms with Gasteiger partial charge in [-0.1, -0.05) is 23.2 Å². The molecule has 0 aliphatic carbocycles. The van der Waals surface area contributed by atoms with Crippen LogP contribution in [0.25, 0.3) is 0 Å². The van der Waals surface area contributed by atoms with Gasteiger partial charge in [0.25, 0.3) is 5.91 Å². The van der Waals surface area contributed by atoms with Gasteiger partial charge in [0.2, 0.25) is 0 Å². The lowest BCUT2D eigenvalue weighted by Gasteiger charge is -2.27. The number of amides is 1. The predicted octanol–water partition coefficient (Wildman–Crippen LogP) is 1.94. The second-order valence-electron chi connectivity index (χ2n) is 3.86. The second kappa shape index (κ2) is 5.04. The summed E-state index contributed by atoms with van der Waals surface area (Å²) in [5.41, 5.74) is 0.543. The minimum atomic E-state index is -0.106. The van der Waals surface area contributed by atoms with Gasteiger partial charge in [0.1, 0.15) is 0 Å². The molecule has 2 rings (SSSR count). The number of hydrogen-bond acceptors (Lipinski definition) is 2. The highest BCUT2D eigenvalue weighted by molar-refractivity contribution is 6.42. The quantitative estimate of drug-likeness (QED) is 0.871. The minimum absolute atomic E-state index is 0.106. The summed E-state index contributed by atoms with van der Waals surface area (Å²) in [7, 11) is 0. The summed E-state index contributed by atoms with van der Waals surface area (Å²) in [6, 6.07) is 4.88. The third-order valence-corrected chi connectivity index (χ3v) is 3.34. The van der Waals surface area contributed by atoms with Gasteiger partial charge in [-0.05, 0) is 18.2 Å². The van der Waals surface area contributed by atoms with Crippen LogP contribution < -0.4 is 10.6 Å². The smallest absolute Gasteiger partial charge is 0.251 e. The highest BCUT2D eigenvalue weighted by Gasteiger charge is 2.17. The van der Waals surface area contributed by atoms with Crippen molar-refractivity contribution in [3.05, 3.63) is 33.8 Å². The summed E-state index contributed by atoms with van der Waals surface area (Å²) in [6.07, 6.45) is 0. The molecule has 0 saturated carbocycles. The lowest BCUT2D eigenvalue weighted by molar-refractivity contribution is 0.0942. The lowest BCUT2D eigenvalue weighted by atomic mass is 10.0. The molecule has 1 fully saturated rings. The minimum Gasteiger partial charge on any atom is -0.352 e. The Labute approximate surface area is 104 Å². The van der Waals surface area contributed by atoms with E-state index in [4.69, 9.17) is 23.2 Å². The average molecular weight is 259 g/mol. The molecular weight excluding hydrogens is 247 g/mol. The Morgan fingerprint density at radius 2 is 2.12 bits per heavy atom. The van der Waals surface area contributed by atoms with E-state index in [1.807, 2.05) is 0 Å². The topological polar surface area (TPSA) is 41.1 Å². The van der Waals surface area contributed by atoms with Crippen LogP contribution in [0.2, 0.25) is 10.0 Å². The lowest BCUT2D eigenvalue weighted by Crippen LogP contribution is -2.48. The fraction of sp³-hybridized carbons (Fsp3) is 0.364. The monoisotopic (exact) mass is 258 g/mol. The second-order valence-corrected chi connectivity index (χ2v) is 4.68. The fourth-order valence-electron chi connectivity index (χ4n) is 1.47. The zero-order valence-electron chi connectivity index (χ0n) is 8.59. The van der Waals surface area contributed by atoms with Crippen LogP contribution in [0.4, 0.5) is 0 Å². The van der Waals surface area contributed by atoms with E-state index < -0.39 is 0 Å². The maximum atomic E-state index is 11.7. The number of carbonyl (C=O) groups is 1. The molecule has 16 heavy (non-hydrogen) atoms. The molecule has 1 aliphatic rings. The van der Waals surface area contributed by atoms with Crippen LogP contribution in [0.5, 0.6) is 0 Å². The maximum Gasteiger partial charge on any atom is 0.251 e. The number of benzene rings is 1. The number of halogens is 2. The molecule has 86 valence electrons. The Balaban J connectivity index is 1.94. The van der Waals surface area contributed by atoms with Gasteiger partial charge in [-0.2, -0.15) is 0 Å². The van der Waals surface area contributed by atoms with Crippen molar-refractivity contribution >= 4 is 29.1 Å². The number of carbonyl (C=O) groups excluding carboxylic acids is 1. The summed E-state index contributed by atoms with van der Waals surface area (Å²) >= 11 is 11.6. The van der Waals surface area contributed by atoms with Crippen molar-refractivity contribution in [1.82, 2.24) is 10.6 Å². The summed E-state index contributed by atoms with van der Waals surface area (Å²) in [5.74, 6) is 0.442. The van der Waals surface area contributed by atoms with E-state index in [0.29, 0.717) is 28.1 Å². The van der Waals surface area contributed by atoms with E-state index in [0.717, 1.165) is 13.1 Å². The molecule has 2 N–H and O–H groups in total. The molecule has 1 aromatic carbocycles. The fourth-order valence-corrected chi connectivity index (χ4v) is 1.77. The molecule has 0 atom stereocenters. The molecule has 3 nitrogen and oxygen atoms in total. The van der Waals surface area contributed by atoms with E-state index in [1.54, 1.807) is 18.2 Å². The third-order valence-electron chi connectivity index (χ3n) is 2.60. The highest BCUT2D eigenvalue weighted by atomic mass is 35.5. The molecule has 0 bridgehead atoms. The Kier molecular flexibility index (Phi) is 3.69. The predicted molar refractivity (Wildman–Crippen MR) is 65.2 cm³/mol. The Hall–Kier alpha value is -0.770. The number of hydrogen-bond donors (Lipinski definition) is 2. The molecule has 1 aromatic rings. The standard InChI is InChI=1S/C11H12Cl2N2O/c12-9-2-1-8(3-10(9)13)11(16)15-6-7-4-14-5-7/h1-3,7,14H,4-6H2,(H,15,16). The van der Waals surface area contributed by atoms with Crippen molar-refractivity contribution in [3.8, 4) is 0 Å². The summed E-state index contributed by atoms with van der Waals surface area (Å²) in [4.78, 5) is 11.7. The van der Waals surface area contributed by atoms with Crippen LogP contribution in [0.3, 0.4) is 0 Å². The molecule has 0 unspecified atom stereocenters. The molecule has 0 aromatic heterocycles. The molecule has 1 heterocycles. The highest BCUT2D eigenvalue weighted by Crippen LogP contribution is 2.22. The van der Waals surface area contributed by atoms with Crippen LogP contribution >= 0.6 is 23.2 Å². The van der Waals surface area contributed by atoms with Gasteiger partial charge in [0.15, 0.2) is 0 Å². The van der Waals surface area contributed by atoms with Crippen molar-refractivity contribution < 1.29 is 4.79 Å². The molecule has 5 heteroatoms. The van der Waals surface area contributed by atoms with Crippen molar-refractivity contribution in [2.75, 3.05) is 19.6 Å². The van der Waals surface area contributed by atoms with E-state index in [9.17, 15) is 4.79 Å². The summed E-state index contributed by atoms with van der Waals surface area (Å²) in [5, 5.41) is 6.88. The van der Waals surface area contributed by atoms with E-state index >= 15 is 0 Å². The Morgan fingerprint density at radius 1 is 1.38 bits per heavy atom. The van der Waals surface area contributed by atoms with Crippen LogP contribution in [0.15, 0.2) is 18.2 Å². The molecule has 1 amide bonds. The molecular formula is C11H12Cl2N2O. The normalized spacial score (nSPS) is 15.6. The summed E-state index contributed by atoms with van der Waals surface area (Å²) in [6.45, 7) is 2.65. The van der Waals surface area contributed by atoms with Gasteiger partial charge in [0.05, 0.1) is 10.0 Å². The Morgan fingerprint density at radius 3 is 2.69 bits per heavy atom. The molecule has 1 saturated heterocycles. The zero-order chi connectivity index (χ0) is 11.5. The van der Waals surface area contributed by atoms with Gasteiger partial charge < -0.3 is 10.6 Å². The Bertz CT molecular complexity index is 405. The van der Waals surface area contributed by atoms with Crippen molar-refractivity contribution in [3.63, 3.8) is 0 Å². The summed E-state index contributed by atoms with van der Waals surface area (Å²) < 4.78 is 0. The van der Waals surface area contributed by atoms with Crippen LogP contribution in [-0.2, 0) is 0 Å². The first kappa shape index (κ1) is 11.7. The van der Waals surface area contributed by atoms with E-state index in [-0.39, 0.29) is 5.91 Å². The molecule has 1 aliphatic heterocycles. The largest absolute Gasteiger partial charge is 0.352 e. The van der Waals surface area contributed by atoms with Crippen molar-refractivity contribution in [1.29, 1.82) is 0 Å². The van der Waals surface area contributed by atoms with Gasteiger partial charge >= 0.3 is 0 Å². The van der Waals surface area contributed by atoms with Gasteiger partial charge in [-0.15, -0.1) is 0 Å². The number of rotatable bonds is 3. The van der Waals surface area contributed by atoms with Crippen LogP contribution in [-0.4, -0.2) is 25.5 Å². The maximum absolute atomic E-state index is 11.7. The van der Waals surface area contributed by atoms with Crippen LogP contribution in [0.1, 0.15) is 10.4 Å². The van der Waals surface area contributed by atoms with Crippen molar-refractivity contribution in [2.24, 2.45) is 5.92 Å². The van der Waals surface area contributed by atoms with E-state index in [1.165, 1.54) is 0 Å². The van der Waals surface area contributed by atoms with E-state index in [2.05, 4.69) is 10.6 Å². The average Bonchev–Trinajstić information content (AvgIpc) is 2.19. The third kappa shape index (κ3) is 2.67. The molecule has 0 spiro atoms. The number of nitrogens with one attached hydrogen (secondary N) is 2. The first-order valence-electron chi connectivity index (χ1n) is 5.11. The zero-order valence-corrected chi connectivity index (χ0v) is 10.1. The van der Waals surface area contributed by atoms with Gasteiger partial charge in [-0.25, -0.2) is 0 Å². The SMILES string of the molecule is O=C(NCC1CNC1)c1ccc(Cl)c(Cl)c1. The first-order chi connectivity index (χ1) is 7.66. The van der Waals surface area contributed by atoms with Gasteiger partial charge in [0, 0.05) is 31.1 Å². The van der Waals surface area contributed by atoms with Gasteiger partial charge in [-0.3, -0.25) is 4.79 Å². The van der Waals surface area contributed by atoms with Crippen molar-refractivity contribution in [2.45, 2.75) is 0 Å².